The molecule has 2 rings (SSSR count). The van der Waals surface area contributed by atoms with Crippen LogP contribution in [0.4, 0.5) is 14.5 Å². The molecule has 94 valence electrons. The molecule has 0 fully saturated rings. The molecule has 0 heterocycles. The zero-order valence-corrected chi connectivity index (χ0v) is 11.5. The van der Waals surface area contributed by atoms with Gasteiger partial charge in [-0.2, -0.15) is 0 Å². The SMILES string of the molecule is Fc1ccc(Br)c(F)c1CNc1ccc(Cl)cc1. The maximum atomic E-state index is 13.7. The molecule has 0 bridgehead atoms. The molecule has 0 aliphatic heterocycles. The van der Waals surface area contributed by atoms with Crippen molar-refractivity contribution in [3.05, 3.63) is 63.1 Å². The Bertz CT molecular complexity index is 558. The quantitative estimate of drug-likeness (QED) is 0.781. The van der Waals surface area contributed by atoms with E-state index in [0.29, 0.717) is 5.02 Å². The molecule has 0 unspecified atom stereocenters. The van der Waals surface area contributed by atoms with Gasteiger partial charge in [0.05, 0.1) is 4.47 Å². The van der Waals surface area contributed by atoms with Crippen LogP contribution in [0.3, 0.4) is 0 Å². The summed E-state index contributed by atoms with van der Waals surface area (Å²) in [6.07, 6.45) is 0. The highest BCUT2D eigenvalue weighted by Crippen LogP contribution is 2.23. The van der Waals surface area contributed by atoms with Gasteiger partial charge in [0.1, 0.15) is 11.6 Å². The number of hydrogen-bond acceptors (Lipinski definition) is 1. The van der Waals surface area contributed by atoms with E-state index < -0.39 is 11.6 Å². The van der Waals surface area contributed by atoms with Crippen molar-refractivity contribution in [2.75, 3.05) is 5.32 Å². The molecule has 1 nitrogen and oxygen atoms in total. The van der Waals surface area contributed by atoms with Gasteiger partial charge in [0.15, 0.2) is 0 Å². The van der Waals surface area contributed by atoms with Crippen molar-refractivity contribution in [3.63, 3.8) is 0 Å². The van der Waals surface area contributed by atoms with Gasteiger partial charge in [-0.15, -0.1) is 0 Å². The maximum Gasteiger partial charge on any atom is 0.145 e. The average molecular weight is 333 g/mol. The molecule has 2 aromatic rings. The number of nitrogens with one attached hydrogen (secondary N) is 1. The van der Waals surface area contributed by atoms with Crippen LogP contribution in [0.25, 0.3) is 0 Å². The minimum Gasteiger partial charge on any atom is -0.381 e. The van der Waals surface area contributed by atoms with E-state index in [9.17, 15) is 8.78 Å². The maximum absolute atomic E-state index is 13.7. The Balaban J connectivity index is 2.15. The van der Waals surface area contributed by atoms with Crippen molar-refractivity contribution >= 4 is 33.2 Å². The third-order valence-corrected chi connectivity index (χ3v) is 3.32. The summed E-state index contributed by atoms with van der Waals surface area (Å²) in [5.41, 5.74) is 0.748. The molecule has 0 aliphatic rings. The lowest BCUT2D eigenvalue weighted by Crippen LogP contribution is -2.05. The van der Waals surface area contributed by atoms with E-state index in [1.54, 1.807) is 24.3 Å². The third kappa shape index (κ3) is 3.00. The van der Waals surface area contributed by atoms with Gasteiger partial charge in [-0.1, -0.05) is 11.6 Å². The fourth-order valence-electron chi connectivity index (χ4n) is 1.49. The molecular formula is C13H9BrClF2N. The molecule has 0 radical (unpaired) electrons. The molecule has 0 saturated heterocycles. The smallest absolute Gasteiger partial charge is 0.145 e. The first-order valence-corrected chi connectivity index (χ1v) is 6.37. The first-order chi connectivity index (χ1) is 8.58. The minimum atomic E-state index is -0.587. The fraction of sp³-hybridized carbons (Fsp3) is 0.0769. The van der Waals surface area contributed by atoms with Crippen LogP contribution in [0.1, 0.15) is 5.56 Å². The van der Waals surface area contributed by atoms with Gasteiger partial charge in [-0.3, -0.25) is 0 Å². The molecular weight excluding hydrogens is 324 g/mol. The lowest BCUT2D eigenvalue weighted by Gasteiger charge is -2.09. The molecule has 0 aromatic heterocycles. The highest BCUT2D eigenvalue weighted by molar-refractivity contribution is 9.10. The summed E-state index contributed by atoms with van der Waals surface area (Å²) in [6, 6.07) is 9.48. The Labute approximate surface area is 117 Å². The van der Waals surface area contributed by atoms with Crippen molar-refractivity contribution in [2.24, 2.45) is 0 Å². The largest absolute Gasteiger partial charge is 0.381 e. The zero-order valence-electron chi connectivity index (χ0n) is 9.18. The normalized spacial score (nSPS) is 10.4. The standard InChI is InChI=1S/C13H9BrClF2N/c14-11-5-6-12(16)10(13(11)17)7-18-9-3-1-8(15)2-4-9/h1-6,18H,7H2. The van der Waals surface area contributed by atoms with Gasteiger partial charge in [0.2, 0.25) is 0 Å². The van der Waals surface area contributed by atoms with Gasteiger partial charge < -0.3 is 5.32 Å². The molecule has 0 spiro atoms. The van der Waals surface area contributed by atoms with Crippen LogP contribution in [0.5, 0.6) is 0 Å². The van der Waals surface area contributed by atoms with E-state index in [4.69, 9.17) is 11.6 Å². The zero-order chi connectivity index (χ0) is 13.1. The predicted octanol–water partition coefficient (Wildman–Crippen LogP) is 4.99. The molecule has 2 aromatic carbocycles. The van der Waals surface area contributed by atoms with Crippen LogP contribution in [0.15, 0.2) is 40.9 Å². The van der Waals surface area contributed by atoms with Crippen LogP contribution in [0, 0.1) is 11.6 Å². The van der Waals surface area contributed by atoms with Crippen molar-refractivity contribution in [1.29, 1.82) is 0 Å². The number of anilines is 1. The topological polar surface area (TPSA) is 12.0 Å². The Morgan fingerprint density at radius 2 is 1.72 bits per heavy atom. The molecule has 0 amide bonds. The lowest BCUT2D eigenvalue weighted by molar-refractivity contribution is 0.555. The monoisotopic (exact) mass is 331 g/mol. The van der Waals surface area contributed by atoms with Crippen molar-refractivity contribution in [2.45, 2.75) is 6.54 Å². The van der Waals surface area contributed by atoms with Gasteiger partial charge >= 0.3 is 0 Å². The second-order valence-electron chi connectivity index (χ2n) is 3.68. The highest BCUT2D eigenvalue weighted by atomic mass is 79.9. The van der Waals surface area contributed by atoms with Gasteiger partial charge in [0.25, 0.3) is 0 Å². The van der Waals surface area contributed by atoms with Gasteiger partial charge in [-0.25, -0.2) is 8.78 Å². The molecule has 18 heavy (non-hydrogen) atoms. The third-order valence-electron chi connectivity index (χ3n) is 2.45. The summed E-state index contributed by atoms with van der Waals surface area (Å²) < 4.78 is 27.4. The summed E-state index contributed by atoms with van der Waals surface area (Å²) in [5.74, 6) is -1.16. The summed E-state index contributed by atoms with van der Waals surface area (Å²) in [4.78, 5) is 0. The second kappa shape index (κ2) is 5.67. The van der Waals surface area contributed by atoms with Crippen LogP contribution >= 0.6 is 27.5 Å². The van der Waals surface area contributed by atoms with Crippen LogP contribution < -0.4 is 5.32 Å². The number of halogens is 4. The second-order valence-corrected chi connectivity index (χ2v) is 4.97. The Kier molecular flexibility index (Phi) is 4.19. The van der Waals surface area contributed by atoms with Crippen molar-refractivity contribution in [1.82, 2.24) is 0 Å². The first kappa shape index (κ1) is 13.3. The molecule has 5 heteroatoms. The summed E-state index contributed by atoms with van der Waals surface area (Å²) >= 11 is 8.78. The molecule has 1 N–H and O–H groups in total. The Hall–Kier alpha value is -1.13. The van der Waals surface area contributed by atoms with Gasteiger partial charge in [-0.05, 0) is 52.3 Å². The summed E-state index contributed by atoms with van der Waals surface area (Å²) in [5, 5.41) is 3.55. The predicted molar refractivity (Wildman–Crippen MR) is 72.8 cm³/mol. The van der Waals surface area contributed by atoms with Crippen LogP contribution in [-0.4, -0.2) is 0 Å². The van der Waals surface area contributed by atoms with E-state index in [-0.39, 0.29) is 16.6 Å². The highest BCUT2D eigenvalue weighted by Gasteiger charge is 2.11. The van der Waals surface area contributed by atoms with E-state index in [1.165, 1.54) is 12.1 Å². The van der Waals surface area contributed by atoms with Crippen LogP contribution in [0.2, 0.25) is 5.02 Å². The summed E-state index contributed by atoms with van der Waals surface area (Å²) in [7, 11) is 0. The minimum absolute atomic E-state index is 0.000625. The van der Waals surface area contributed by atoms with E-state index >= 15 is 0 Å². The summed E-state index contributed by atoms with van der Waals surface area (Å²) in [6.45, 7) is 0.0682. The molecule has 0 aliphatic carbocycles. The molecule has 0 atom stereocenters. The Morgan fingerprint density at radius 1 is 1.06 bits per heavy atom. The number of rotatable bonds is 3. The average Bonchev–Trinajstić information content (AvgIpc) is 2.36. The lowest BCUT2D eigenvalue weighted by atomic mass is 10.2. The van der Waals surface area contributed by atoms with Gasteiger partial charge in [0, 0.05) is 22.8 Å². The van der Waals surface area contributed by atoms with Crippen molar-refractivity contribution < 1.29 is 8.78 Å². The van der Waals surface area contributed by atoms with E-state index in [2.05, 4.69) is 21.2 Å². The van der Waals surface area contributed by atoms with Crippen LogP contribution in [-0.2, 0) is 6.54 Å². The fourth-order valence-corrected chi connectivity index (χ4v) is 1.99. The van der Waals surface area contributed by atoms with Crippen molar-refractivity contribution in [3.8, 4) is 0 Å². The molecule has 0 saturated carbocycles. The first-order valence-electron chi connectivity index (χ1n) is 5.20. The number of hydrogen-bond donors (Lipinski definition) is 1. The van der Waals surface area contributed by atoms with E-state index in [0.717, 1.165) is 5.69 Å². The number of benzene rings is 2. The van der Waals surface area contributed by atoms with E-state index in [1.807, 2.05) is 0 Å². The Morgan fingerprint density at radius 3 is 2.39 bits per heavy atom.